The van der Waals surface area contributed by atoms with E-state index in [1.54, 1.807) is 36.4 Å². The molecule has 0 heterocycles. The van der Waals surface area contributed by atoms with E-state index in [0.717, 1.165) is 10.0 Å². The molecular formula is C16H16BrClN2O3S. The van der Waals surface area contributed by atoms with Gasteiger partial charge >= 0.3 is 0 Å². The molecule has 2 aromatic rings. The maximum Gasteiger partial charge on any atom is 0.241 e. The van der Waals surface area contributed by atoms with E-state index in [0.29, 0.717) is 11.6 Å². The monoisotopic (exact) mass is 430 g/mol. The number of amides is 1. The molecular weight excluding hydrogens is 416 g/mol. The van der Waals surface area contributed by atoms with Crippen molar-refractivity contribution in [1.82, 2.24) is 10.0 Å². The zero-order chi connectivity index (χ0) is 17.7. The highest BCUT2D eigenvalue weighted by Crippen LogP contribution is 2.15. The Morgan fingerprint density at radius 3 is 2.29 bits per heavy atom. The second-order valence-electron chi connectivity index (χ2n) is 5.14. The van der Waals surface area contributed by atoms with E-state index in [2.05, 4.69) is 26.0 Å². The zero-order valence-electron chi connectivity index (χ0n) is 12.8. The lowest BCUT2D eigenvalue weighted by Crippen LogP contribution is -2.44. The maximum atomic E-state index is 12.2. The van der Waals surface area contributed by atoms with Crippen LogP contribution in [0.2, 0.25) is 5.02 Å². The normalized spacial score (nSPS) is 12.6. The molecule has 2 aromatic carbocycles. The first-order chi connectivity index (χ1) is 11.3. The van der Waals surface area contributed by atoms with Crippen LogP contribution >= 0.6 is 27.5 Å². The maximum absolute atomic E-state index is 12.2. The van der Waals surface area contributed by atoms with Crippen molar-refractivity contribution in [1.29, 1.82) is 0 Å². The van der Waals surface area contributed by atoms with Crippen LogP contribution in [0.3, 0.4) is 0 Å². The van der Waals surface area contributed by atoms with E-state index >= 15 is 0 Å². The number of carbonyl (C=O) groups is 1. The standard InChI is InChI=1S/C16H16BrClN2O3S/c1-11(16(21)19-10-12-2-6-14(18)7-3-12)20-24(22,23)15-8-4-13(17)5-9-15/h2-9,11,20H,10H2,1H3,(H,19,21). The molecule has 2 rings (SSSR count). The second-order valence-corrected chi connectivity index (χ2v) is 8.21. The quantitative estimate of drug-likeness (QED) is 0.738. The summed E-state index contributed by atoms with van der Waals surface area (Å²) in [6.45, 7) is 1.79. The van der Waals surface area contributed by atoms with Gasteiger partial charge in [0.05, 0.1) is 10.9 Å². The van der Waals surface area contributed by atoms with Crippen LogP contribution in [0.5, 0.6) is 0 Å². The fraction of sp³-hybridized carbons (Fsp3) is 0.188. The lowest BCUT2D eigenvalue weighted by atomic mass is 10.2. The van der Waals surface area contributed by atoms with Crippen molar-refractivity contribution in [2.45, 2.75) is 24.4 Å². The third-order valence-electron chi connectivity index (χ3n) is 3.23. The van der Waals surface area contributed by atoms with Crippen LogP contribution in [0, 0.1) is 0 Å². The highest BCUT2D eigenvalue weighted by molar-refractivity contribution is 9.10. The summed E-state index contributed by atoms with van der Waals surface area (Å²) in [4.78, 5) is 12.2. The van der Waals surface area contributed by atoms with Crippen LogP contribution in [0.4, 0.5) is 0 Å². The summed E-state index contributed by atoms with van der Waals surface area (Å²) in [5, 5.41) is 3.30. The molecule has 0 aromatic heterocycles. The van der Waals surface area contributed by atoms with Gasteiger partial charge < -0.3 is 5.32 Å². The SMILES string of the molecule is CC(NS(=O)(=O)c1ccc(Br)cc1)C(=O)NCc1ccc(Cl)cc1. The van der Waals surface area contributed by atoms with Gasteiger partial charge in [-0.05, 0) is 48.9 Å². The molecule has 2 N–H and O–H groups in total. The first-order valence-corrected chi connectivity index (χ1v) is 9.73. The number of benzene rings is 2. The van der Waals surface area contributed by atoms with E-state index < -0.39 is 22.0 Å². The van der Waals surface area contributed by atoms with Gasteiger partial charge in [0, 0.05) is 16.0 Å². The molecule has 0 spiro atoms. The fourth-order valence-electron chi connectivity index (χ4n) is 1.91. The lowest BCUT2D eigenvalue weighted by molar-refractivity contribution is -0.122. The van der Waals surface area contributed by atoms with Crippen molar-refractivity contribution in [3.05, 3.63) is 63.6 Å². The van der Waals surface area contributed by atoms with Crippen LogP contribution in [0.1, 0.15) is 12.5 Å². The van der Waals surface area contributed by atoms with Gasteiger partial charge in [0.2, 0.25) is 15.9 Å². The Morgan fingerprint density at radius 1 is 1.12 bits per heavy atom. The molecule has 5 nitrogen and oxygen atoms in total. The fourth-order valence-corrected chi connectivity index (χ4v) is 3.51. The van der Waals surface area contributed by atoms with E-state index in [9.17, 15) is 13.2 Å². The highest BCUT2D eigenvalue weighted by Gasteiger charge is 2.21. The molecule has 8 heteroatoms. The Hall–Kier alpha value is -1.41. The van der Waals surface area contributed by atoms with Crippen molar-refractivity contribution in [3.63, 3.8) is 0 Å². The lowest BCUT2D eigenvalue weighted by Gasteiger charge is -2.14. The Bertz CT molecular complexity index is 808. The molecule has 128 valence electrons. The Morgan fingerprint density at radius 2 is 1.71 bits per heavy atom. The first kappa shape index (κ1) is 18.9. The topological polar surface area (TPSA) is 75.3 Å². The van der Waals surface area contributed by atoms with Gasteiger partial charge in [0.1, 0.15) is 0 Å². The largest absolute Gasteiger partial charge is 0.351 e. The van der Waals surface area contributed by atoms with Gasteiger partial charge in [-0.1, -0.05) is 39.7 Å². The van der Waals surface area contributed by atoms with Gasteiger partial charge in [0.25, 0.3) is 0 Å². The van der Waals surface area contributed by atoms with Crippen molar-refractivity contribution in [2.24, 2.45) is 0 Å². The number of nitrogens with one attached hydrogen (secondary N) is 2. The van der Waals surface area contributed by atoms with Crippen molar-refractivity contribution >= 4 is 43.5 Å². The van der Waals surface area contributed by atoms with E-state index in [1.165, 1.54) is 19.1 Å². The van der Waals surface area contributed by atoms with Crippen LogP contribution in [0.15, 0.2) is 57.9 Å². The molecule has 0 radical (unpaired) electrons. The Kier molecular flexibility index (Phi) is 6.40. The average Bonchev–Trinajstić information content (AvgIpc) is 2.54. The predicted octanol–water partition coefficient (Wildman–Crippen LogP) is 3.09. The second kappa shape index (κ2) is 8.11. The number of carbonyl (C=O) groups excluding carboxylic acids is 1. The molecule has 0 saturated heterocycles. The van der Waals surface area contributed by atoms with Gasteiger partial charge in [-0.3, -0.25) is 4.79 Å². The summed E-state index contributed by atoms with van der Waals surface area (Å²) in [6.07, 6.45) is 0. The minimum absolute atomic E-state index is 0.100. The average molecular weight is 432 g/mol. The molecule has 1 unspecified atom stereocenters. The van der Waals surface area contributed by atoms with Crippen LogP contribution in [0.25, 0.3) is 0 Å². The number of hydrogen-bond donors (Lipinski definition) is 2. The number of halogens is 2. The number of hydrogen-bond acceptors (Lipinski definition) is 3. The van der Waals surface area contributed by atoms with Gasteiger partial charge in [-0.2, -0.15) is 4.72 Å². The third-order valence-corrected chi connectivity index (χ3v) is 5.57. The summed E-state index contributed by atoms with van der Waals surface area (Å²) < 4.78 is 27.6. The predicted molar refractivity (Wildman–Crippen MR) is 97.2 cm³/mol. The molecule has 0 fully saturated rings. The molecule has 0 saturated carbocycles. The zero-order valence-corrected chi connectivity index (χ0v) is 16.0. The summed E-state index contributed by atoms with van der Waals surface area (Å²) >= 11 is 9.04. The first-order valence-electron chi connectivity index (χ1n) is 7.08. The third kappa shape index (κ3) is 5.31. The molecule has 0 aliphatic carbocycles. The Labute approximate surface area is 154 Å². The summed E-state index contributed by atoms with van der Waals surface area (Å²) in [5.74, 6) is -0.411. The van der Waals surface area contributed by atoms with Crippen LogP contribution in [-0.2, 0) is 21.4 Å². The summed E-state index contributed by atoms with van der Waals surface area (Å²) in [6, 6.07) is 12.3. The van der Waals surface area contributed by atoms with Crippen LogP contribution in [-0.4, -0.2) is 20.4 Å². The Balaban J connectivity index is 1.95. The number of sulfonamides is 1. The van der Waals surface area contributed by atoms with Gasteiger partial charge in [-0.15, -0.1) is 0 Å². The molecule has 0 aliphatic rings. The van der Waals surface area contributed by atoms with Gasteiger partial charge in [0.15, 0.2) is 0 Å². The molecule has 0 bridgehead atoms. The highest BCUT2D eigenvalue weighted by atomic mass is 79.9. The van der Waals surface area contributed by atoms with Crippen molar-refractivity contribution in [3.8, 4) is 0 Å². The molecule has 1 atom stereocenters. The van der Waals surface area contributed by atoms with Crippen molar-refractivity contribution in [2.75, 3.05) is 0 Å². The van der Waals surface area contributed by atoms with E-state index in [1.807, 2.05) is 0 Å². The minimum atomic E-state index is -3.76. The number of rotatable bonds is 6. The summed E-state index contributed by atoms with van der Waals surface area (Å²) in [7, 11) is -3.76. The molecule has 0 aliphatic heterocycles. The summed E-state index contributed by atoms with van der Waals surface area (Å²) in [5.41, 5.74) is 0.871. The van der Waals surface area contributed by atoms with Crippen molar-refractivity contribution < 1.29 is 13.2 Å². The van der Waals surface area contributed by atoms with E-state index in [-0.39, 0.29) is 4.90 Å². The van der Waals surface area contributed by atoms with E-state index in [4.69, 9.17) is 11.6 Å². The molecule has 24 heavy (non-hydrogen) atoms. The van der Waals surface area contributed by atoms with Gasteiger partial charge in [-0.25, -0.2) is 8.42 Å². The minimum Gasteiger partial charge on any atom is -0.351 e. The smallest absolute Gasteiger partial charge is 0.241 e. The van der Waals surface area contributed by atoms with Crippen LogP contribution < -0.4 is 10.0 Å². The molecule has 1 amide bonds.